The van der Waals surface area contributed by atoms with Gasteiger partial charge in [0.15, 0.2) is 0 Å². The zero-order chi connectivity index (χ0) is 14.4. The van der Waals surface area contributed by atoms with E-state index < -0.39 is 11.9 Å². The van der Waals surface area contributed by atoms with Crippen molar-refractivity contribution in [3.63, 3.8) is 0 Å². The molecule has 2 saturated carbocycles. The molecule has 2 aliphatic rings. The molecule has 2 bridgehead atoms. The molecule has 0 spiro atoms. The second kappa shape index (κ2) is 4.36. The number of aliphatic carboxylic acids is 1. The summed E-state index contributed by atoms with van der Waals surface area (Å²) >= 11 is 0. The number of ether oxygens (including phenoxy) is 1. The number of fused-ring (bicyclic) bond motifs is 2. The minimum Gasteiger partial charge on any atom is -0.478 e. The number of carboxylic acid groups (broad SMARTS) is 1. The molecule has 106 valence electrons. The van der Waals surface area contributed by atoms with Gasteiger partial charge in [-0.05, 0) is 37.5 Å². The van der Waals surface area contributed by atoms with Crippen LogP contribution in [0.25, 0.3) is 0 Å². The molecule has 4 heteroatoms. The van der Waals surface area contributed by atoms with Crippen molar-refractivity contribution in [2.24, 2.45) is 16.7 Å². The first-order valence-electron chi connectivity index (χ1n) is 6.80. The van der Waals surface area contributed by atoms with Gasteiger partial charge in [0.05, 0.1) is 0 Å². The van der Waals surface area contributed by atoms with Crippen LogP contribution in [0.4, 0.5) is 0 Å². The molecule has 3 unspecified atom stereocenters. The Bertz CT molecular complexity index is 449. The molecule has 0 heterocycles. The van der Waals surface area contributed by atoms with Crippen molar-refractivity contribution in [2.45, 2.75) is 53.1 Å². The van der Waals surface area contributed by atoms with Gasteiger partial charge in [-0.2, -0.15) is 0 Å². The Morgan fingerprint density at radius 2 is 1.95 bits per heavy atom. The molecule has 0 aromatic carbocycles. The minimum atomic E-state index is -1.09. The summed E-state index contributed by atoms with van der Waals surface area (Å²) in [6.45, 7) is 8.08. The quantitative estimate of drug-likeness (QED) is 0.630. The van der Waals surface area contributed by atoms with E-state index in [-0.39, 0.29) is 22.5 Å². The van der Waals surface area contributed by atoms with Crippen LogP contribution in [-0.4, -0.2) is 23.1 Å². The number of hydrogen-bond donors (Lipinski definition) is 1. The maximum Gasteiger partial charge on any atom is 0.331 e. The average Bonchev–Trinajstić information content (AvgIpc) is 2.61. The van der Waals surface area contributed by atoms with Crippen LogP contribution < -0.4 is 0 Å². The summed E-state index contributed by atoms with van der Waals surface area (Å²) < 4.78 is 5.53. The van der Waals surface area contributed by atoms with Gasteiger partial charge in [0.1, 0.15) is 6.10 Å². The fraction of sp³-hybridized carbons (Fsp3) is 0.733. The van der Waals surface area contributed by atoms with E-state index in [2.05, 4.69) is 20.8 Å². The van der Waals surface area contributed by atoms with Crippen molar-refractivity contribution < 1.29 is 19.4 Å². The summed E-state index contributed by atoms with van der Waals surface area (Å²) in [5.74, 6) is -1.02. The lowest BCUT2D eigenvalue weighted by atomic mass is 9.70. The van der Waals surface area contributed by atoms with E-state index in [4.69, 9.17) is 9.84 Å². The zero-order valence-electron chi connectivity index (χ0n) is 12.0. The van der Waals surface area contributed by atoms with Crippen molar-refractivity contribution in [1.29, 1.82) is 0 Å². The van der Waals surface area contributed by atoms with E-state index in [1.165, 1.54) is 13.3 Å². The molecule has 0 aromatic heterocycles. The number of carbonyl (C=O) groups is 2. The van der Waals surface area contributed by atoms with Crippen molar-refractivity contribution >= 4 is 11.9 Å². The Kier molecular flexibility index (Phi) is 3.23. The van der Waals surface area contributed by atoms with Crippen molar-refractivity contribution in [3.8, 4) is 0 Å². The first kappa shape index (κ1) is 14.1. The summed E-state index contributed by atoms with van der Waals surface area (Å²) in [7, 11) is 0. The number of rotatable bonds is 3. The molecule has 2 rings (SSSR count). The molecule has 19 heavy (non-hydrogen) atoms. The van der Waals surface area contributed by atoms with Crippen LogP contribution in [0.5, 0.6) is 0 Å². The van der Waals surface area contributed by atoms with Gasteiger partial charge in [-0.3, -0.25) is 0 Å². The first-order valence-corrected chi connectivity index (χ1v) is 6.80. The van der Waals surface area contributed by atoms with Crippen LogP contribution in [0.15, 0.2) is 11.6 Å². The van der Waals surface area contributed by atoms with Gasteiger partial charge in [0.2, 0.25) is 0 Å². The standard InChI is InChI=1S/C15H22O4/c1-9(13(17)18)7-12(16)19-11-8-10-5-6-15(11,4)14(10,2)3/h7,10-11H,5-6,8H2,1-4H3,(H,17,18). The molecular formula is C15H22O4. The molecule has 2 fully saturated rings. The predicted octanol–water partition coefficient (Wildman–Crippen LogP) is 2.78. The van der Waals surface area contributed by atoms with Gasteiger partial charge in [-0.25, -0.2) is 9.59 Å². The average molecular weight is 266 g/mol. The molecule has 3 atom stereocenters. The lowest BCUT2D eigenvalue weighted by molar-refractivity contribution is -0.151. The SMILES string of the molecule is CC(=CC(=O)OC1CC2CCC1(C)C2(C)C)C(=O)O. The Balaban J connectivity index is 2.09. The van der Waals surface area contributed by atoms with Crippen LogP contribution in [0.3, 0.4) is 0 Å². The van der Waals surface area contributed by atoms with E-state index in [9.17, 15) is 9.59 Å². The maximum atomic E-state index is 11.8. The van der Waals surface area contributed by atoms with Gasteiger partial charge in [0.25, 0.3) is 0 Å². The van der Waals surface area contributed by atoms with Gasteiger partial charge in [-0.15, -0.1) is 0 Å². The Morgan fingerprint density at radius 1 is 1.32 bits per heavy atom. The molecule has 0 aliphatic heterocycles. The molecule has 0 radical (unpaired) electrons. The van der Waals surface area contributed by atoms with Gasteiger partial charge >= 0.3 is 11.9 Å². The summed E-state index contributed by atoms with van der Waals surface area (Å²) in [4.78, 5) is 22.5. The fourth-order valence-corrected chi connectivity index (χ4v) is 3.72. The Hall–Kier alpha value is -1.32. The van der Waals surface area contributed by atoms with Crippen LogP contribution in [0, 0.1) is 16.7 Å². The van der Waals surface area contributed by atoms with Gasteiger partial charge < -0.3 is 9.84 Å². The summed E-state index contributed by atoms with van der Waals surface area (Å²) in [6.07, 6.45) is 4.15. The molecule has 0 amide bonds. The van der Waals surface area contributed by atoms with Crippen molar-refractivity contribution in [1.82, 2.24) is 0 Å². The summed E-state index contributed by atoms with van der Waals surface area (Å²) in [5.41, 5.74) is 0.208. The second-order valence-corrected chi connectivity index (χ2v) is 6.67. The molecule has 0 aromatic rings. The van der Waals surface area contributed by atoms with Crippen LogP contribution in [0.2, 0.25) is 0 Å². The van der Waals surface area contributed by atoms with Crippen LogP contribution in [0.1, 0.15) is 47.0 Å². The van der Waals surface area contributed by atoms with Gasteiger partial charge in [0, 0.05) is 17.1 Å². The minimum absolute atomic E-state index is 0.0116. The molecule has 1 N–H and O–H groups in total. The Morgan fingerprint density at radius 3 is 2.37 bits per heavy atom. The second-order valence-electron chi connectivity index (χ2n) is 6.67. The van der Waals surface area contributed by atoms with E-state index in [1.54, 1.807) is 0 Å². The first-order chi connectivity index (χ1) is 8.68. The topological polar surface area (TPSA) is 63.6 Å². The Labute approximate surface area is 113 Å². The molecule has 2 aliphatic carbocycles. The molecule has 0 saturated heterocycles. The highest BCUT2D eigenvalue weighted by atomic mass is 16.5. The molecular weight excluding hydrogens is 244 g/mol. The van der Waals surface area contributed by atoms with Crippen molar-refractivity contribution in [3.05, 3.63) is 11.6 Å². The smallest absolute Gasteiger partial charge is 0.331 e. The number of carbonyl (C=O) groups excluding carboxylic acids is 1. The maximum absolute atomic E-state index is 11.8. The lowest BCUT2D eigenvalue weighted by Crippen LogP contribution is -2.38. The summed E-state index contributed by atoms with van der Waals surface area (Å²) in [6, 6.07) is 0. The highest BCUT2D eigenvalue weighted by molar-refractivity contribution is 5.94. The van der Waals surface area contributed by atoms with E-state index in [0.717, 1.165) is 18.9 Å². The van der Waals surface area contributed by atoms with Crippen molar-refractivity contribution in [2.75, 3.05) is 0 Å². The van der Waals surface area contributed by atoms with Crippen LogP contribution in [-0.2, 0) is 14.3 Å². The normalized spacial score (nSPS) is 36.3. The highest BCUT2D eigenvalue weighted by Crippen LogP contribution is 2.66. The highest BCUT2D eigenvalue weighted by Gasteiger charge is 2.62. The summed E-state index contributed by atoms with van der Waals surface area (Å²) in [5, 5.41) is 8.75. The molecule has 4 nitrogen and oxygen atoms in total. The number of esters is 1. The number of carboxylic acids is 1. The third-order valence-electron chi connectivity index (χ3n) is 5.64. The van der Waals surface area contributed by atoms with E-state index >= 15 is 0 Å². The van der Waals surface area contributed by atoms with Gasteiger partial charge in [-0.1, -0.05) is 20.8 Å². The third-order valence-corrected chi connectivity index (χ3v) is 5.64. The lowest BCUT2D eigenvalue weighted by Gasteiger charge is -2.38. The number of hydrogen-bond acceptors (Lipinski definition) is 3. The van der Waals surface area contributed by atoms with Crippen LogP contribution >= 0.6 is 0 Å². The zero-order valence-corrected chi connectivity index (χ0v) is 12.0. The monoisotopic (exact) mass is 266 g/mol. The third kappa shape index (κ3) is 2.07. The predicted molar refractivity (Wildman–Crippen MR) is 70.5 cm³/mol. The van der Waals surface area contributed by atoms with E-state index in [1.807, 2.05) is 0 Å². The largest absolute Gasteiger partial charge is 0.478 e. The van der Waals surface area contributed by atoms with E-state index in [0.29, 0.717) is 5.92 Å². The fourth-order valence-electron chi connectivity index (χ4n) is 3.72.